The van der Waals surface area contributed by atoms with E-state index in [1.807, 2.05) is 6.92 Å². The molecule has 15 heavy (non-hydrogen) atoms. The zero-order valence-corrected chi connectivity index (χ0v) is 11.6. The van der Waals surface area contributed by atoms with Gasteiger partial charge in [-0.05, 0) is 6.92 Å². The molecule has 0 aliphatic rings. The fourth-order valence-electron chi connectivity index (χ4n) is 1.28. The lowest BCUT2D eigenvalue weighted by molar-refractivity contribution is 0.148. The van der Waals surface area contributed by atoms with Crippen LogP contribution >= 0.6 is 27.3 Å². The molecule has 0 aliphatic carbocycles. The van der Waals surface area contributed by atoms with Gasteiger partial charge >= 0.3 is 0 Å². The van der Waals surface area contributed by atoms with E-state index >= 15 is 0 Å². The van der Waals surface area contributed by atoms with Crippen molar-refractivity contribution in [2.45, 2.75) is 13.5 Å². The maximum atomic E-state index is 5.09. The molecule has 0 fully saturated rings. The summed E-state index contributed by atoms with van der Waals surface area (Å²) < 4.78 is 5.09. The van der Waals surface area contributed by atoms with Crippen molar-refractivity contribution in [3.63, 3.8) is 0 Å². The molecule has 0 aromatic carbocycles. The van der Waals surface area contributed by atoms with E-state index < -0.39 is 0 Å². The first kappa shape index (κ1) is 13.1. The number of ether oxygens (including phenoxy) is 1. The van der Waals surface area contributed by atoms with Gasteiger partial charge in [0.15, 0.2) is 0 Å². The fourth-order valence-corrected chi connectivity index (χ4v) is 2.59. The number of alkyl halides is 1. The van der Waals surface area contributed by atoms with E-state index in [0.29, 0.717) is 0 Å². The maximum absolute atomic E-state index is 5.09. The number of nitrogens with zero attached hydrogens (tertiary/aromatic N) is 2. The first-order valence-electron chi connectivity index (χ1n) is 4.94. The van der Waals surface area contributed by atoms with Crippen LogP contribution in [0.25, 0.3) is 0 Å². The van der Waals surface area contributed by atoms with Gasteiger partial charge in [-0.1, -0.05) is 15.9 Å². The van der Waals surface area contributed by atoms with Gasteiger partial charge in [-0.15, -0.1) is 11.3 Å². The third-order valence-electron chi connectivity index (χ3n) is 2.04. The van der Waals surface area contributed by atoms with E-state index in [9.17, 15) is 0 Å². The smallest absolute Gasteiger partial charge is 0.107 e. The highest BCUT2D eigenvalue weighted by molar-refractivity contribution is 9.09. The molecule has 0 unspecified atom stereocenters. The van der Waals surface area contributed by atoms with Crippen LogP contribution in [-0.4, -0.2) is 42.0 Å². The summed E-state index contributed by atoms with van der Waals surface area (Å²) in [5.41, 5.74) is 1.11. The van der Waals surface area contributed by atoms with Gasteiger partial charge in [0.1, 0.15) is 5.01 Å². The van der Waals surface area contributed by atoms with Crippen molar-refractivity contribution in [1.29, 1.82) is 0 Å². The van der Waals surface area contributed by atoms with Gasteiger partial charge in [0.2, 0.25) is 0 Å². The van der Waals surface area contributed by atoms with Crippen molar-refractivity contribution < 1.29 is 4.74 Å². The lowest BCUT2D eigenvalue weighted by atomic mass is 10.4. The van der Waals surface area contributed by atoms with Crippen LogP contribution < -0.4 is 0 Å². The summed E-state index contributed by atoms with van der Waals surface area (Å²) in [5.74, 6) is 0. The highest BCUT2D eigenvalue weighted by Crippen LogP contribution is 2.11. The minimum Gasteiger partial charge on any atom is -0.383 e. The first-order valence-corrected chi connectivity index (χ1v) is 6.94. The summed E-state index contributed by atoms with van der Waals surface area (Å²) >= 11 is 5.19. The van der Waals surface area contributed by atoms with Crippen LogP contribution in [0.5, 0.6) is 0 Å². The van der Waals surface area contributed by atoms with Crippen molar-refractivity contribution in [2.75, 3.05) is 32.1 Å². The van der Waals surface area contributed by atoms with Crippen LogP contribution in [0, 0.1) is 6.92 Å². The Hall–Kier alpha value is 0.0300. The van der Waals surface area contributed by atoms with E-state index in [0.717, 1.165) is 37.3 Å². The molecule has 1 heterocycles. The SMILES string of the molecule is COCCN(CCBr)Cc1nc(C)cs1. The Balaban J connectivity index is 2.42. The number of halogens is 1. The number of aryl methyl sites for hydroxylation is 1. The number of hydrogen-bond donors (Lipinski definition) is 0. The van der Waals surface area contributed by atoms with Gasteiger partial charge < -0.3 is 4.74 Å². The normalized spacial score (nSPS) is 11.2. The fraction of sp³-hybridized carbons (Fsp3) is 0.700. The molecular weight excluding hydrogens is 276 g/mol. The molecule has 3 nitrogen and oxygen atoms in total. The summed E-state index contributed by atoms with van der Waals surface area (Å²) in [7, 11) is 1.74. The Bertz CT molecular complexity index is 280. The predicted molar refractivity (Wildman–Crippen MR) is 67.8 cm³/mol. The molecule has 0 aliphatic heterocycles. The quantitative estimate of drug-likeness (QED) is 0.721. The molecule has 0 radical (unpaired) electrons. The monoisotopic (exact) mass is 292 g/mol. The lowest BCUT2D eigenvalue weighted by Crippen LogP contribution is -2.28. The van der Waals surface area contributed by atoms with E-state index in [1.54, 1.807) is 18.4 Å². The van der Waals surface area contributed by atoms with Crippen LogP contribution in [0.2, 0.25) is 0 Å². The number of aromatic nitrogens is 1. The van der Waals surface area contributed by atoms with E-state index in [1.165, 1.54) is 5.01 Å². The topological polar surface area (TPSA) is 25.4 Å². The van der Waals surface area contributed by atoms with Crippen molar-refractivity contribution >= 4 is 27.3 Å². The van der Waals surface area contributed by atoms with Gasteiger partial charge in [-0.3, -0.25) is 4.90 Å². The number of rotatable bonds is 7. The molecule has 0 bridgehead atoms. The molecule has 0 spiro atoms. The lowest BCUT2D eigenvalue weighted by Gasteiger charge is -2.19. The van der Waals surface area contributed by atoms with E-state index in [4.69, 9.17) is 4.74 Å². The minimum absolute atomic E-state index is 0.775. The van der Waals surface area contributed by atoms with Crippen LogP contribution in [0.1, 0.15) is 10.7 Å². The highest BCUT2D eigenvalue weighted by Gasteiger charge is 2.07. The summed E-state index contributed by atoms with van der Waals surface area (Å²) in [6.45, 7) is 5.72. The molecule has 1 aromatic rings. The van der Waals surface area contributed by atoms with Crippen molar-refractivity contribution in [3.05, 3.63) is 16.1 Å². The first-order chi connectivity index (χ1) is 7.26. The molecule has 5 heteroatoms. The Morgan fingerprint density at radius 1 is 1.53 bits per heavy atom. The van der Waals surface area contributed by atoms with Gasteiger partial charge in [0.25, 0.3) is 0 Å². The van der Waals surface area contributed by atoms with Crippen LogP contribution in [0.4, 0.5) is 0 Å². The molecule has 0 saturated heterocycles. The number of methoxy groups -OCH3 is 1. The highest BCUT2D eigenvalue weighted by atomic mass is 79.9. The predicted octanol–water partition coefficient (Wildman–Crippen LogP) is 2.29. The molecule has 0 N–H and O–H groups in total. The van der Waals surface area contributed by atoms with Crippen LogP contribution in [0.3, 0.4) is 0 Å². The molecule has 0 amide bonds. The number of hydrogen-bond acceptors (Lipinski definition) is 4. The summed E-state index contributed by atoms with van der Waals surface area (Å²) in [6, 6.07) is 0. The Morgan fingerprint density at radius 2 is 2.33 bits per heavy atom. The molecule has 1 aromatic heterocycles. The molecule has 0 saturated carbocycles. The average Bonchev–Trinajstić information content (AvgIpc) is 2.61. The van der Waals surface area contributed by atoms with Gasteiger partial charge in [0, 0.05) is 36.6 Å². The Morgan fingerprint density at radius 3 is 2.87 bits per heavy atom. The standard InChI is InChI=1S/C10H17BrN2OS/c1-9-8-15-10(12-9)7-13(4-3-11)5-6-14-2/h8H,3-7H2,1-2H3. The molecular formula is C10H17BrN2OS. The summed E-state index contributed by atoms with van der Waals surface area (Å²) in [4.78, 5) is 6.81. The summed E-state index contributed by atoms with van der Waals surface area (Å²) in [6.07, 6.45) is 0. The average molecular weight is 293 g/mol. The largest absolute Gasteiger partial charge is 0.383 e. The molecule has 0 atom stereocenters. The third-order valence-corrected chi connectivity index (χ3v) is 3.34. The second kappa shape index (κ2) is 7.33. The molecule has 1 rings (SSSR count). The van der Waals surface area contributed by atoms with E-state index in [2.05, 4.69) is 31.2 Å². The van der Waals surface area contributed by atoms with Crippen LogP contribution in [-0.2, 0) is 11.3 Å². The van der Waals surface area contributed by atoms with Crippen molar-refractivity contribution in [2.24, 2.45) is 0 Å². The molecule has 86 valence electrons. The minimum atomic E-state index is 0.775. The maximum Gasteiger partial charge on any atom is 0.107 e. The van der Waals surface area contributed by atoms with E-state index in [-0.39, 0.29) is 0 Å². The third kappa shape index (κ3) is 5.06. The Labute approximate surface area is 104 Å². The van der Waals surface area contributed by atoms with Gasteiger partial charge in [0.05, 0.1) is 13.2 Å². The second-order valence-corrected chi connectivity index (χ2v) is 5.08. The van der Waals surface area contributed by atoms with Crippen LogP contribution in [0.15, 0.2) is 5.38 Å². The zero-order chi connectivity index (χ0) is 11.1. The van der Waals surface area contributed by atoms with Gasteiger partial charge in [-0.25, -0.2) is 4.98 Å². The number of thiazole rings is 1. The Kier molecular flexibility index (Phi) is 6.40. The zero-order valence-electron chi connectivity index (χ0n) is 9.20. The van der Waals surface area contributed by atoms with Crippen molar-refractivity contribution in [1.82, 2.24) is 9.88 Å². The summed E-state index contributed by atoms with van der Waals surface area (Å²) in [5, 5.41) is 4.27. The second-order valence-electron chi connectivity index (χ2n) is 3.34. The van der Waals surface area contributed by atoms with Crippen molar-refractivity contribution in [3.8, 4) is 0 Å². The van der Waals surface area contributed by atoms with Gasteiger partial charge in [-0.2, -0.15) is 0 Å².